The molecule has 0 unspecified atom stereocenters. The SMILES string of the molecule is CCc1ccc(-n2nc3cc(C)c(NC(=O)C(c4ccccc4)c4ccccc4)cc3n2)cc1. The van der Waals surface area contributed by atoms with Crippen molar-refractivity contribution in [1.29, 1.82) is 0 Å². The van der Waals surface area contributed by atoms with E-state index in [1.165, 1.54) is 5.56 Å². The Kier molecular flexibility index (Phi) is 5.91. The Labute approximate surface area is 199 Å². The summed E-state index contributed by atoms with van der Waals surface area (Å²) in [5.74, 6) is -0.493. The van der Waals surface area contributed by atoms with Crippen LogP contribution in [0.3, 0.4) is 0 Å². The predicted octanol–water partition coefficient (Wildman–Crippen LogP) is 6.06. The molecule has 0 atom stereocenters. The molecule has 0 radical (unpaired) electrons. The summed E-state index contributed by atoms with van der Waals surface area (Å²) in [6, 6.07) is 31.8. The van der Waals surface area contributed by atoms with Crippen LogP contribution in [-0.4, -0.2) is 20.9 Å². The lowest BCUT2D eigenvalue weighted by atomic mass is 9.90. The first-order valence-electron chi connectivity index (χ1n) is 11.5. The quantitative estimate of drug-likeness (QED) is 0.345. The second-order valence-corrected chi connectivity index (χ2v) is 8.41. The molecule has 5 nitrogen and oxygen atoms in total. The van der Waals surface area contributed by atoms with Crippen LogP contribution in [-0.2, 0) is 11.2 Å². The van der Waals surface area contributed by atoms with Gasteiger partial charge in [0.15, 0.2) is 0 Å². The molecule has 0 bridgehead atoms. The van der Waals surface area contributed by atoms with Crippen LogP contribution in [0.15, 0.2) is 97.1 Å². The van der Waals surface area contributed by atoms with Gasteiger partial charge in [0.25, 0.3) is 0 Å². The number of hydrogen-bond acceptors (Lipinski definition) is 3. The van der Waals surface area contributed by atoms with Gasteiger partial charge in [-0.25, -0.2) is 0 Å². The number of nitrogens with one attached hydrogen (secondary N) is 1. The minimum Gasteiger partial charge on any atom is -0.325 e. The highest BCUT2D eigenvalue weighted by atomic mass is 16.1. The number of carbonyl (C=O) groups excluding carboxylic acids is 1. The van der Waals surface area contributed by atoms with Crippen LogP contribution in [0.5, 0.6) is 0 Å². The standard InChI is InChI=1S/C29H26N4O/c1-3-21-14-16-24(17-15-21)33-31-26-18-20(2)25(19-27(26)32-33)30-29(34)28(22-10-6-4-7-11-22)23-12-8-5-9-13-23/h4-19,28H,3H2,1-2H3,(H,30,34). The number of carbonyl (C=O) groups is 1. The number of rotatable bonds is 6. The Morgan fingerprint density at radius 1 is 0.824 bits per heavy atom. The van der Waals surface area contributed by atoms with Crippen molar-refractivity contribution in [2.24, 2.45) is 0 Å². The van der Waals surface area contributed by atoms with E-state index in [2.05, 4.69) is 34.6 Å². The van der Waals surface area contributed by atoms with Crippen LogP contribution in [0.25, 0.3) is 16.7 Å². The van der Waals surface area contributed by atoms with Crippen molar-refractivity contribution in [3.63, 3.8) is 0 Å². The Bertz CT molecular complexity index is 1380. The highest BCUT2D eigenvalue weighted by Gasteiger charge is 2.23. The molecular formula is C29H26N4O. The Morgan fingerprint density at radius 3 is 1.94 bits per heavy atom. The van der Waals surface area contributed by atoms with Crippen LogP contribution >= 0.6 is 0 Å². The number of nitrogens with zero attached hydrogens (tertiary/aromatic N) is 3. The zero-order valence-corrected chi connectivity index (χ0v) is 19.3. The van der Waals surface area contributed by atoms with Gasteiger partial charge in [-0.05, 0) is 59.9 Å². The first-order valence-corrected chi connectivity index (χ1v) is 11.5. The molecule has 5 aromatic rings. The van der Waals surface area contributed by atoms with Gasteiger partial charge in [0.2, 0.25) is 5.91 Å². The number of aryl methyl sites for hydroxylation is 2. The molecule has 1 heterocycles. The number of fused-ring (bicyclic) bond motifs is 1. The fourth-order valence-corrected chi connectivity index (χ4v) is 4.17. The predicted molar refractivity (Wildman–Crippen MR) is 136 cm³/mol. The minimum atomic E-state index is -0.412. The molecule has 0 saturated heterocycles. The van der Waals surface area contributed by atoms with Crippen LogP contribution in [0.1, 0.15) is 35.1 Å². The summed E-state index contributed by atoms with van der Waals surface area (Å²) in [5, 5.41) is 12.5. The number of aromatic nitrogens is 3. The van der Waals surface area contributed by atoms with Gasteiger partial charge >= 0.3 is 0 Å². The molecule has 5 heteroatoms. The van der Waals surface area contributed by atoms with Crippen molar-refractivity contribution < 1.29 is 4.79 Å². The van der Waals surface area contributed by atoms with Gasteiger partial charge in [0.05, 0.1) is 11.6 Å². The summed E-state index contributed by atoms with van der Waals surface area (Å²) in [7, 11) is 0. The maximum Gasteiger partial charge on any atom is 0.236 e. The molecule has 1 aromatic heterocycles. The van der Waals surface area contributed by atoms with E-state index < -0.39 is 5.92 Å². The van der Waals surface area contributed by atoms with E-state index in [0.717, 1.165) is 45.5 Å². The minimum absolute atomic E-state index is 0.0811. The van der Waals surface area contributed by atoms with E-state index in [1.807, 2.05) is 91.9 Å². The van der Waals surface area contributed by atoms with E-state index in [0.29, 0.717) is 0 Å². The molecule has 34 heavy (non-hydrogen) atoms. The van der Waals surface area contributed by atoms with Gasteiger partial charge in [-0.3, -0.25) is 4.79 Å². The molecule has 0 aliphatic heterocycles. The van der Waals surface area contributed by atoms with Gasteiger partial charge in [-0.1, -0.05) is 79.7 Å². The molecule has 5 rings (SSSR count). The topological polar surface area (TPSA) is 59.8 Å². The van der Waals surface area contributed by atoms with Crippen molar-refractivity contribution in [2.75, 3.05) is 5.32 Å². The molecule has 4 aromatic carbocycles. The highest BCUT2D eigenvalue weighted by Crippen LogP contribution is 2.28. The van der Waals surface area contributed by atoms with Crippen molar-refractivity contribution in [3.8, 4) is 5.69 Å². The maximum absolute atomic E-state index is 13.5. The lowest BCUT2D eigenvalue weighted by molar-refractivity contribution is -0.116. The molecule has 0 aliphatic rings. The molecule has 0 spiro atoms. The summed E-state index contributed by atoms with van der Waals surface area (Å²) < 4.78 is 0. The molecule has 0 aliphatic carbocycles. The number of benzene rings is 4. The number of hydrogen-bond donors (Lipinski definition) is 1. The Hall–Kier alpha value is -4.25. The highest BCUT2D eigenvalue weighted by molar-refractivity contribution is 6.00. The first kappa shape index (κ1) is 21.6. The van der Waals surface area contributed by atoms with Gasteiger partial charge in [0, 0.05) is 5.69 Å². The van der Waals surface area contributed by atoms with Crippen LogP contribution in [0, 0.1) is 6.92 Å². The second kappa shape index (κ2) is 9.32. The lowest BCUT2D eigenvalue weighted by Crippen LogP contribution is -2.22. The zero-order valence-electron chi connectivity index (χ0n) is 19.3. The third-order valence-corrected chi connectivity index (χ3v) is 6.09. The monoisotopic (exact) mass is 446 g/mol. The number of anilines is 1. The molecule has 0 saturated carbocycles. The molecular weight excluding hydrogens is 420 g/mol. The van der Waals surface area contributed by atoms with E-state index >= 15 is 0 Å². The van der Waals surface area contributed by atoms with Crippen molar-refractivity contribution in [2.45, 2.75) is 26.2 Å². The molecule has 1 N–H and O–H groups in total. The third kappa shape index (κ3) is 4.33. The second-order valence-electron chi connectivity index (χ2n) is 8.41. The lowest BCUT2D eigenvalue weighted by Gasteiger charge is -2.18. The fourth-order valence-electron chi connectivity index (χ4n) is 4.17. The smallest absolute Gasteiger partial charge is 0.236 e. The average Bonchev–Trinajstić information content (AvgIpc) is 3.28. The number of amides is 1. The van der Waals surface area contributed by atoms with E-state index in [-0.39, 0.29) is 5.91 Å². The van der Waals surface area contributed by atoms with Crippen LogP contribution in [0.4, 0.5) is 5.69 Å². The average molecular weight is 447 g/mol. The summed E-state index contributed by atoms with van der Waals surface area (Å²) in [4.78, 5) is 15.2. The maximum atomic E-state index is 13.5. The first-order chi connectivity index (χ1) is 16.6. The Morgan fingerprint density at radius 2 is 1.38 bits per heavy atom. The Balaban J connectivity index is 1.47. The van der Waals surface area contributed by atoms with Crippen LogP contribution < -0.4 is 5.32 Å². The summed E-state index contributed by atoms with van der Waals surface area (Å²) in [6.07, 6.45) is 0.990. The van der Waals surface area contributed by atoms with Crippen molar-refractivity contribution in [3.05, 3.63) is 119 Å². The third-order valence-electron chi connectivity index (χ3n) is 6.09. The van der Waals surface area contributed by atoms with Gasteiger partial charge < -0.3 is 5.32 Å². The summed E-state index contributed by atoms with van der Waals surface area (Å²) in [5.41, 5.74) is 7.28. The van der Waals surface area contributed by atoms with Crippen LogP contribution in [0.2, 0.25) is 0 Å². The van der Waals surface area contributed by atoms with E-state index in [4.69, 9.17) is 0 Å². The van der Waals surface area contributed by atoms with Crippen molar-refractivity contribution >= 4 is 22.6 Å². The van der Waals surface area contributed by atoms with Crippen molar-refractivity contribution in [1.82, 2.24) is 15.0 Å². The summed E-state index contributed by atoms with van der Waals surface area (Å²) in [6.45, 7) is 4.11. The molecule has 168 valence electrons. The van der Waals surface area contributed by atoms with Gasteiger partial charge in [-0.15, -0.1) is 10.2 Å². The van der Waals surface area contributed by atoms with E-state index in [1.54, 1.807) is 4.80 Å². The zero-order chi connectivity index (χ0) is 23.5. The summed E-state index contributed by atoms with van der Waals surface area (Å²) >= 11 is 0. The van der Waals surface area contributed by atoms with Gasteiger partial charge in [0.1, 0.15) is 11.0 Å². The van der Waals surface area contributed by atoms with Gasteiger partial charge in [-0.2, -0.15) is 4.80 Å². The molecule has 1 amide bonds. The van der Waals surface area contributed by atoms with E-state index in [9.17, 15) is 4.79 Å². The fraction of sp³-hybridized carbons (Fsp3) is 0.138. The normalized spacial score (nSPS) is 11.1. The largest absolute Gasteiger partial charge is 0.325 e. The molecule has 0 fully saturated rings.